The summed E-state index contributed by atoms with van der Waals surface area (Å²) in [6.45, 7) is 5.88. The third-order valence-corrected chi connectivity index (χ3v) is 7.34. The van der Waals surface area contributed by atoms with Crippen molar-refractivity contribution in [2.24, 2.45) is 17.2 Å². The Labute approximate surface area is 147 Å². The first-order chi connectivity index (χ1) is 9.69. The number of hydrogen-bond donors (Lipinski definition) is 3. The molecule has 0 fully saturated rings. The number of alkyl halides is 2. The van der Waals surface area contributed by atoms with Crippen LogP contribution < -0.4 is 59.1 Å². The first-order valence-corrected chi connectivity index (χ1v) is 15.5. The van der Waals surface area contributed by atoms with Crippen LogP contribution in [0.4, 0.5) is 0 Å². The molecular weight excluding hydrogens is 495 g/mol. The van der Waals surface area contributed by atoms with Gasteiger partial charge in [0.25, 0.3) is 0 Å². The molecule has 0 saturated carbocycles. The molecule has 0 aromatic carbocycles. The molecule has 6 N–H and O–H groups in total. The van der Waals surface area contributed by atoms with Gasteiger partial charge in [-0.2, -0.15) is 0 Å². The van der Waals surface area contributed by atoms with Crippen LogP contribution in [-0.4, -0.2) is 21.6 Å². The zero-order valence-electron chi connectivity index (χ0n) is 12.5. The van der Waals surface area contributed by atoms with E-state index in [1.165, 1.54) is 18.4 Å². The van der Waals surface area contributed by atoms with Crippen LogP contribution in [0.2, 0.25) is 0 Å². The summed E-state index contributed by atoms with van der Waals surface area (Å²) < 4.78 is 4.31. The van der Waals surface area contributed by atoms with Crippen molar-refractivity contribution >= 4 is 6.88 Å². The number of hydrogen-bond acceptors (Lipinski definition) is 3. The average molecular weight is 525 g/mol. The maximum atomic E-state index is 6.30. The van der Waals surface area contributed by atoms with Gasteiger partial charge in [0.15, 0.2) is 0 Å². The predicted octanol–water partition coefficient (Wildman–Crippen LogP) is -4.06. The van der Waals surface area contributed by atoms with Crippen molar-refractivity contribution in [3.8, 4) is 0 Å². The van der Waals surface area contributed by atoms with Crippen molar-refractivity contribution in [2.75, 3.05) is 15.5 Å². The second kappa shape index (κ2) is 15.2. The van der Waals surface area contributed by atoms with Gasteiger partial charge in [-0.25, -0.2) is 0 Å². The van der Waals surface area contributed by atoms with E-state index in [0.717, 1.165) is 34.8 Å². The van der Waals surface area contributed by atoms with Crippen molar-refractivity contribution in [3.63, 3.8) is 0 Å². The van der Waals surface area contributed by atoms with Gasteiger partial charge in [0.2, 0.25) is 0 Å². The van der Waals surface area contributed by atoms with E-state index in [-0.39, 0.29) is 47.9 Å². The quantitative estimate of drug-likeness (QED) is 0.0799. The molecule has 0 aliphatic heterocycles. The van der Waals surface area contributed by atoms with Crippen LogP contribution in [0.15, 0.2) is 21.3 Å². The van der Waals surface area contributed by atoms with Crippen LogP contribution in [-0.2, 0) is 0 Å². The van der Waals surface area contributed by atoms with E-state index in [1.807, 2.05) is 0 Å². The Kier molecular flexibility index (Phi) is 16.1. The predicted molar refractivity (Wildman–Crippen MR) is 85.6 cm³/mol. The van der Waals surface area contributed by atoms with Gasteiger partial charge in [0.05, 0.1) is 0 Å². The number of allylic oxidation sites excluding steroid dienone is 2. The van der Waals surface area contributed by atoms with Crippen molar-refractivity contribution in [2.45, 2.75) is 45.1 Å². The van der Waals surface area contributed by atoms with Crippen molar-refractivity contribution < 1.29 is 41.9 Å². The molecule has 122 valence electrons. The summed E-state index contributed by atoms with van der Waals surface area (Å²) in [5.74, 6) is 0. The second-order valence-electron chi connectivity index (χ2n) is 4.62. The number of nitrogens with two attached hydrogens (primary N) is 3. The Balaban J connectivity index is 4.66. The van der Waals surface area contributed by atoms with E-state index in [4.69, 9.17) is 17.2 Å². The number of rotatable bonds is 12. The van der Waals surface area contributed by atoms with E-state index in [0.29, 0.717) is 0 Å². The molecule has 0 aromatic rings. The van der Waals surface area contributed by atoms with Crippen LogP contribution in [0.1, 0.15) is 39.0 Å². The fraction of sp³-hybridized carbons (Fsp3) is 0.714. The van der Waals surface area contributed by atoms with Gasteiger partial charge in [-0.3, -0.25) is 0 Å². The van der Waals surface area contributed by atoms with Gasteiger partial charge in [-0.15, -0.1) is 0 Å². The topological polar surface area (TPSA) is 78.1 Å². The molecule has 0 bridgehead atoms. The molecule has 2 unspecified atom stereocenters. The van der Waals surface area contributed by atoms with E-state index in [9.17, 15) is 0 Å². The Morgan fingerprint density at radius 1 is 1.30 bits per heavy atom. The summed E-state index contributed by atoms with van der Waals surface area (Å²) in [4.78, 5) is 0. The molecule has 0 saturated heterocycles. The average Bonchev–Trinajstić information content (AvgIpc) is 2.44. The summed E-state index contributed by atoms with van der Waals surface area (Å²) in [5, 5.41) is 0. The molecular formula is C14H30I2N3P-2. The first kappa shape index (κ1) is 21.2. The van der Waals surface area contributed by atoms with Gasteiger partial charge in [-0.1, -0.05) is 0 Å². The SMILES string of the molecule is CCC/C(=C\C/C(=C/[I-]CN)C(N)C[I-]P)CCCN. The molecule has 0 aliphatic carbocycles. The van der Waals surface area contributed by atoms with Gasteiger partial charge in [0.1, 0.15) is 0 Å². The maximum absolute atomic E-state index is 6.30. The van der Waals surface area contributed by atoms with E-state index in [2.05, 4.69) is 24.0 Å². The third kappa shape index (κ3) is 10.9. The molecule has 0 aromatic heterocycles. The Hall–Kier alpha value is 1.25. The van der Waals surface area contributed by atoms with Crippen LogP contribution in [0.5, 0.6) is 0 Å². The van der Waals surface area contributed by atoms with Crippen molar-refractivity contribution in [3.05, 3.63) is 21.3 Å². The Morgan fingerprint density at radius 3 is 2.60 bits per heavy atom. The van der Waals surface area contributed by atoms with Crippen molar-refractivity contribution in [1.29, 1.82) is 0 Å². The summed E-state index contributed by atoms with van der Waals surface area (Å²) in [6.07, 6.45) is 8.01. The molecule has 20 heavy (non-hydrogen) atoms. The summed E-state index contributed by atoms with van der Waals surface area (Å²) in [7, 11) is 0. The van der Waals surface area contributed by atoms with Crippen molar-refractivity contribution in [1.82, 2.24) is 0 Å². The van der Waals surface area contributed by atoms with Crippen LogP contribution in [0.3, 0.4) is 0 Å². The minimum absolute atomic E-state index is 0.0174. The normalized spacial score (nSPS) is 15.1. The summed E-state index contributed by atoms with van der Waals surface area (Å²) in [6, 6.07) is 0.236. The Morgan fingerprint density at radius 2 is 2.05 bits per heavy atom. The summed E-state index contributed by atoms with van der Waals surface area (Å²) in [5.41, 5.74) is 20.5. The van der Waals surface area contributed by atoms with Crippen LogP contribution in [0.25, 0.3) is 0 Å². The molecule has 0 heterocycles. The third-order valence-electron chi connectivity index (χ3n) is 2.94. The number of halogens is 2. The standard InChI is InChI=1S/C14H30I2N3P/c1-2-4-12(5-3-8-17)6-7-13(9-15-11-18)14(19)10-16-20/h6,9,14H,2-5,7-8,10-11,17-20H2,1H3/q-2/b12-6+,13-9-. The molecule has 0 aliphatic rings. The van der Waals surface area contributed by atoms with Gasteiger partial charge < -0.3 is 0 Å². The molecule has 0 amide bonds. The van der Waals surface area contributed by atoms with Gasteiger partial charge in [-0.05, 0) is 0 Å². The first-order valence-electron chi connectivity index (χ1n) is 7.07. The van der Waals surface area contributed by atoms with E-state index < -0.39 is 0 Å². The monoisotopic (exact) mass is 525 g/mol. The van der Waals surface area contributed by atoms with Crippen LogP contribution >= 0.6 is 6.88 Å². The zero-order valence-corrected chi connectivity index (χ0v) is 17.9. The molecule has 0 radical (unpaired) electrons. The van der Waals surface area contributed by atoms with E-state index in [1.54, 1.807) is 5.57 Å². The Bertz CT molecular complexity index is 296. The second-order valence-corrected chi connectivity index (χ2v) is 10.8. The minimum atomic E-state index is -0.0174. The fourth-order valence-corrected chi connectivity index (χ4v) is 5.79. The summed E-state index contributed by atoms with van der Waals surface area (Å²) >= 11 is 0.151. The molecule has 2 atom stereocenters. The van der Waals surface area contributed by atoms with E-state index >= 15 is 0 Å². The van der Waals surface area contributed by atoms with Gasteiger partial charge >= 0.3 is 148 Å². The zero-order chi connectivity index (χ0) is 15.2. The van der Waals surface area contributed by atoms with Gasteiger partial charge in [0, 0.05) is 0 Å². The molecule has 6 heteroatoms. The molecule has 0 spiro atoms. The molecule has 0 rings (SSSR count). The van der Waals surface area contributed by atoms with Crippen LogP contribution in [0, 0.1) is 0 Å². The fourth-order valence-electron chi connectivity index (χ4n) is 1.86. The molecule has 3 nitrogen and oxygen atoms in total.